The molecule has 0 amide bonds. The van der Waals surface area contributed by atoms with E-state index in [1.807, 2.05) is 0 Å². The Hall–Kier alpha value is -0.153. The summed E-state index contributed by atoms with van der Waals surface area (Å²) in [6.07, 6.45) is 6.78. The molecule has 2 aliphatic rings. The van der Waals surface area contributed by atoms with Gasteiger partial charge in [0.25, 0.3) is 0 Å². The highest BCUT2D eigenvalue weighted by atomic mass is 28.4. The molecule has 0 unspecified atom stereocenters. The van der Waals surface area contributed by atoms with Crippen LogP contribution in [0.15, 0.2) is 0 Å². The number of carbonyl (C=O) groups is 1. The van der Waals surface area contributed by atoms with Gasteiger partial charge in [0, 0.05) is 18.9 Å². The van der Waals surface area contributed by atoms with E-state index >= 15 is 0 Å². The first-order valence-corrected chi connectivity index (χ1v) is 12.6. The minimum Gasteiger partial charge on any atom is -0.417 e. The lowest BCUT2D eigenvalue weighted by atomic mass is 9.62. The molecule has 0 aliphatic heterocycles. The molecule has 0 spiro atoms. The fourth-order valence-electron chi connectivity index (χ4n) is 5.62. The van der Waals surface area contributed by atoms with Crippen molar-refractivity contribution in [1.29, 1.82) is 0 Å². The highest BCUT2D eigenvalue weighted by Crippen LogP contribution is 2.56. The largest absolute Gasteiger partial charge is 0.417 e. The standard InChI is InChI=1S/C20H38O2Si/c1-6-23(7-2,8-3)22-15-13-16(4)17-11-12-18-19(21)10-9-14-20(17,18)5/h16-18H,6-15H2,1-5H3/t16-,17-,18+,20-/m1/s1. The molecule has 0 aromatic carbocycles. The van der Waals surface area contributed by atoms with Gasteiger partial charge >= 0.3 is 0 Å². The molecule has 134 valence electrons. The van der Waals surface area contributed by atoms with E-state index in [1.165, 1.54) is 37.4 Å². The van der Waals surface area contributed by atoms with Crippen molar-refractivity contribution < 1.29 is 9.22 Å². The van der Waals surface area contributed by atoms with Crippen molar-refractivity contribution >= 4 is 14.1 Å². The topological polar surface area (TPSA) is 26.3 Å². The zero-order chi connectivity index (χ0) is 17.1. The van der Waals surface area contributed by atoms with E-state index in [0.29, 0.717) is 17.6 Å². The van der Waals surface area contributed by atoms with Crippen molar-refractivity contribution in [2.75, 3.05) is 6.61 Å². The minimum absolute atomic E-state index is 0.281. The third-order valence-electron chi connectivity index (χ3n) is 7.54. The summed E-state index contributed by atoms with van der Waals surface area (Å²) in [5.74, 6) is 2.33. The van der Waals surface area contributed by atoms with Gasteiger partial charge in [0.2, 0.25) is 0 Å². The predicted octanol–water partition coefficient (Wildman–Crippen LogP) is 5.82. The lowest BCUT2D eigenvalue weighted by molar-refractivity contribution is -0.130. The Morgan fingerprint density at radius 1 is 1.22 bits per heavy atom. The predicted molar refractivity (Wildman–Crippen MR) is 100 cm³/mol. The maximum Gasteiger partial charge on any atom is 0.191 e. The highest BCUT2D eigenvalue weighted by Gasteiger charge is 2.52. The summed E-state index contributed by atoms with van der Waals surface area (Å²) in [6.45, 7) is 12.7. The monoisotopic (exact) mass is 338 g/mol. The van der Waals surface area contributed by atoms with Gasteiger partial charge in [-0.05, 0) is 67.5 Å². The molecule has 2 aliphatic carbocycles. The van der Waals surface area contributed by atoms with Gasteiger partial charge in [0.05, 0.1) is 0 Å². The van der Waals surface area contributed by atoms with Gasteiger partial charge in [-0.1, -0.05) is 34.6 Å². The average Bonchev–Trinajstić information content (AvgIpc) is 2.90. The van der Waals surface area contributed by atoms with Crippen molar-refractivity contribution in [3.05, 3.63) is 0 Å². The van der Waals surface area contributed by atoms with Gasteiger partial charge < -0.3 is 4.43 Å². The Kier molecular flexibility index (Phi) is 6.52. The van der Waals surface area contributed by atoms with Crippen LogP contribution in [0.3, 0.4) is 0 Å². The lowest BCUT2D eigenvalue weighted by Gasteiger charge is -2.42. The maximum atomic E-state index is 12.3. The van der Waals surface area contributed by atoms with Crippen LogP contribution in [0.4, 0.5) is 0 Å². The molecule has 0 heterocycles. The summed E-state index contributed by atoms with van der Waals surface area (Å²) in [4.78, 5) is 12.3. The van der Waals surface area contributed by atoms with Gasteiger partial charge in [-0.25, -0.2) is 0 Å². The summed E-state index contributed by atoms with van der Waals surface area (Å²) < 4.78 is 6.47. The van der Waals surface area contributed by atoms with E-state index in [4.69, 9.17) is 4.43 Å². The molecule has 2 nitrogen and oxygen atoms in total. The quantitative estimate of drug-likeness (QED) is 0.521. The molecule has 3 heteroatoms. The number of hydrogen-bond acceptors (Lipinski definition) is 2. The van der Waals surface area contributed by atoms with Crippen molar-refractivity contribution in [2.45, 2.75) is 91.3 Å². The molecular weight excluding hydrogens is 300 g/mol. The Morgan fingerprint density at radius 3 is 2.48 bits per heavy atom. The second-order valence-corrected chi connectivity index (χ2v) is 13.2. The van der Waals surface area contributed by atoms with Gasteiger partial charge in [-0.3, -0.25) is 4.79 Å². The molecule has 0 aromatic rings. The first-order chi connectivity index (χ1) is 10.9. The van der Waals surface area contributed by atoms with Crippen LogP contribution in [-0.2, 0) is 9.22 Å². The van der Waals surface area contributed by atoms with Crippen LogP contribution in [-0.4, -0.2) is 20.7 Å². The Balaban J connectivity index is 1.91. The molecule has 0 bridgehead atoms. The van der Waals surface area contributed by atoms with E-state index in [2.05, 4.69) is 34.6 Å². The molecule has 2 saturated carbocycles. The normalized spacial score (nSPS) is 32.8. The maximum absolute atomic E-state index is 12.3. The number of hydrogen-bond donors (Lipinski definition) is 0. The molecule has 2 rings (SSSR count). The molecule has 0 N–H and O–H groups in total. The molecule has 0 radical (unpaired) electrons. The second-order valence-electron chi connectivity index (χ2n) is 8.42. The molecule has 2 fully saturated rings. The molecule has 0 saturated heterocycles. The molecule has 4 atom stereocenters. The fraction of sp³-hybridized carbons (Fsp3) is 0.950. The fourth-order valence-corrected chi connectivity index (χ4v) is 8.29. The van der Waals surface area contributed by atoms with E-state index in [-0.39, 0.29) is 5.41 Å². The summed E-state index contributed by atoms with van der Waals surface area (Å²) in [7, 11) is -1.44. The number of carbonyl (C=O) groups excluding carboxylic acids is 1. The van der Waals surface area contributed by atoms with Crippen LogP contribution >= 0.6 is 0 Å². The number of Topliss-reactive ketones (excluding diaryl/α,β-unsaturated/α-hetero) is 1. The smallest absolute Gasteiger partial charge is 0.191 e. The van der Waals surface area contributed by atoms with Gasteiger partial charge in [0.15, 0.2) is 8.32 Å². The Morgan fingerprint density at radius 2 is 1.87 bits per heavy atom. The number of fused-ring (bicyclic) bond motifs is 1. The lowest BCUT2D eigenvalue weighted by Crippen LogP contribution is -2.40. The summed E-state index contributed by atoms with van der Waals surface area (Å²) >= 11 is 0. The van der Waals surface area contributed by atoms with Gasteiger partial charge in [-0.2, -0.15) is 0 Å². The minimum atomic E-state index is -1.44. The zero-order valence-corrected chi connectivity index (χ0v) is 17.1. The van der Waals surface area contributed by atoms with Crippen molar-refractivity contribution in [3.63, 3.8) is 0 Å². The van der Waals surface area contributed by atoms with Crippen molar-refractivity contribution in [2.24, 2.45) is 23.2 Å². The van der Waals surface area contributed by atoms with Crippen LogP contribution < -0.4 is 0 Å². The summed E-state index contributed by atoms with van der Waals surface area (Å²) in [6, 6.07) is 3.73. The Bertz CT molecular complexity index is 396. The SMILES string of the molecule is CC[Si](CC)(CC)OCC[C@@H](C)[C@H]1CC[C@H]2C(=O)CCC[C@]12C. The summed E-state index contributed by atoms with van der Waals surface area (Å²) in [5, 5.41) is 0. The average molecular weight is 339 g/mol. The third-order valence-corrected chi connectivity index (χ3v) is 12.2. The Labute approximate surface area is 144 Å². The van der Waals surface area contributed by atoms with E-state index in [0.717, 1.165) is 31.8 Å². The van der Waals surface area contributed by atoms with Crippen LogP contribution in [0.1, 0.15) is 73.1 Å². The highest BCUT2D eigenvalue weighted by molar-refractivity contribution is 6.73. The number of rotatable bonds is 8. The van der Waals surface area contributed by atoms with E-state index in [9.17, 15) is 4.79 Å². The summed E-state index contributed by atoms with van der Waals surface area (Å²) in [5.41, 5.74) is 0.281. The van der Waals surface area contributed by atoms with E-state index < -0.39 is 8.32 Å². The zero-order valence-electron chi connectivity index (χ0n) is 16.1. The van der Waals surface area contributed by atoms with Crippen LogP contribution in [0.5, 0.6) is 0 Å². The van der Waals surface area contributed by atoms with Crippen LogP contribution in [0.2, 0.25) is 18.1 Å². The van der Waals surface area contributed by atoms with E-state index in [1.54, 1.807) is 0 Å². The first kappa shape index (κ1) is 19.2. The molecular formula is C20H38O2Si. The van der Waals surface area contributed by atoms with Crippen LogP contribution in [0, 0.1) is 23.2 Å². The van der Waals surface area contributed by atoms with Crippen LogP contribution in [0.25, 0.3) is 0 Å². The van der Waals surface area contributed by atoms with Gasteiger partial charge in [0.1, 0.15) is 5.78 Å². The number of ketones is 1. The first-order valence-electron chi connectivity index (χ1n) is 10.1. The van der Waals surface area contributed by atoms with Gasteiger partial charge in [-0.15, -0.1) is 0 Å². The molecule has 23 heavy (non-hydrogen) atoms. The second kappa shape index (κ2) is 7.82. The van der Waals surface area contributed by atoms with Crippen molar-refractivity contribution in [1.82, 2.24) is 0 Å². The third kappa shape index (κ3) is 3.76. The van der Waals surface area contributed by atoms with Crippen molar-refractivity contribution in [3.8, 4) is 0 Å². The molecule has 0 aromatic heterocycles.